The average Bonchev–Trinajstić information content (AvgIpc) is 3.27. The molecule has 2 aromatic rings. The Bertz CT molecular complexity index is 1090. The number of hydrazine groups is 1. The Balaban J connectivity index is 1.93. The van der Waals surface area contributed by atoms with Crippen LogP contribution in [-0.2, 0) is 9.59 Å². The molecule has 1 aliphatic rings. The van der Waals surface area contributed by atoms with Crippen LogP contribution in [0.1, 0.15) is 67.3 Å². The standard InChI is InChI=1S/C26H32F3N5O2/c1-15(2)20-9-8-17(10-21(20)25(28)29)24(16-6-4-3-5-7-16)32-26(36)22-11-18(27)14-34(22)23(35)12-19(13-30)33-31/h3-10,13,15,18,22,24-25,33H,11-12,14,30-31H2,1-2H3,(H,32,36)/b19-13-/t18-,22+,24?/m1/s1. The van der Waals surface area contributed by atoms with Crippen LogP contribution in [0.25, 0.3) is 0 Å². The third kappa shape index (κ3) is 6.17. The van der Waals surface area contributed by atoms with Gasteiger partial charge in [0.15, 0.2) is 0 Å². The highest BCUT2D eigenvalue weighted by Crippen LogP contribution is 2.33. The van der Waals surface area contributed by atoms with Crippen molar-refractivity contribution in [1.82, 2.24) is 15.6 Å². The van der Waals surface area contributed by atoms with E-state index in [1.165, 1.54) is 6.07 Å². The molecule has 36 heavy (non-hydrogen) atoms. The van der Waals surface area contributed by atoms with E-state index < -0.39 is 36.5 Å². The number of nitrogens with two attached hydrogens (primary N) is 2. The number of hydrogen-bond acceptors (Lipinski definition) is 5. The monoisotopic (exact) mass is 503 g/mol. The van der Waals surface area contributed by atoms with Gasteiger partial charge in [-0.1, -0.05) is 56.3 Å². The maximum atomic E-state index is 14.4. The fourth-order valence-electron chi connectivity index (χ4n) is 4.46. The lowest BCUT2D eigenvalue weighted by molar-refractivity contribution is -0.138. The van der Waals surface area contributed by atoms with E-state index in [9.17, 15) is 22.8 Å². The molecule has 1 heterocycles. The van der Waals surface area contributed by atoms with Gasteiger partial charge in [0, 0.05) is 18.2 Å². The molecule has 2 amide bonds. The van der Waals surface area contributed by atoms with Crippen molar-refractivity contribution in [3.63, 3.8) is 0 Å². The van der Waals surface area contributed by atoms with Gasteiger partial charge in [-0.25, -0.2) is 13.2 Å². The molecule has 194 valence electrons. The molecule has 1 saturated heterocycles. The highest BCUT2D eigenvalue weighted by molar-refractivity contribution is 5.89. The van der Waals surface area contributed by atoms with Gasteiger partial charge in [-0.3, -0.25) is 15.4 Å². The van der Waals surface area contributed by atoms with Crippen molar-refractivity contribution < 1.29 is 22.8 Å². The highest BCUT2D eigenvalue weighted by atomic mass is 19.3. The number of likely N-dealkylation sites (tertiary alicyclic amines) is 1. The zero-order chi connectivity index (χ0) is 26.4. The summed E-state index contributed by atoms with van der Waals surface area (Å²) < 4.78 is 42.1. The summed E-state index contributed by atoms with van der Waals surface area (Å²) in [4.78, 5) is 27.3. The van der Waals surface area contributed by atoms with Gasteiger partial charge in [-0.15, -0.1) is 0 Å². The van der Waals surface area contributed by atoms with E-state index >= 15 is 0 Å². The van der Waals surface area contributed by atoms with E-state index in [1.54, 1.807) is 42.5 Å². The van der Waals surface area contributed by atoms with Crippen molar-refractivity contribution in [3.05, 3.63) is 82.7 Å². The Morgan fingerprint density at radius 1 is 1.11 bits per heavy atom. The molecule has 0 saturated carbocycles. The minimum Gasteiger partial charge on any atom is -0.403 e. The number of nitrogens with zero attached hydrogens (tertiary/aromatic N) is 1. The van der Waals surface area contributed by atoms with Crippen LogP contribution in [0.4, 0.5) is 13.2 Å². The maximum Gasteiger partial charge on any atom is 0.264 e. The molecule has 0 spiro atoms. The largest absolute Gasteiger partial charge is 0.403 e. The summed E-state index contributed by atoms with van der Waals surface area (Å²) in [6.07, 6.45) is -3.34. The molecule has 0 radical (unpaired) electrons. The molecule has 0 aromatic heterocycles. The Morgan fingerprint density at radius 2 is 1.81 bits per heavy atom. The summed E-state index contributed by atoms with van der Waals surface area (Å²) in [6.45, 7) is 3.43. The van der Waals surface area contributed by atoms with Gasteiger partial charge in [-0.05, 0) is 28.7 Å². The first-order valence-corrected chi connectivity index (χ1v) is 11.7. The number of rotatable bonds is 9. The molecule has 0 aliphatic carbocycles. The molecule has 1 aliphatic heterocycles. The number of carbonyl (C=O) groups is 2. The van der Waals surface area contributed by atoms with Gasteiger partial charge in [0.25, 0.3) is 6.43 Å². The number of nitrogens with one attached hydrogen (secondary N) is 2. The molecule has 10 heteroatoms. The van der Waals surface area contributed by atoms with Crippen LogP contribution in [0.5, 0.6) is 0 Å². The van der Waals surface area contributed by atoms with Gasteiger partial charge < -0.3 is 21.4 Å². The van der Waals surface area contributed by atoms with E-state index in [0.29, 0.717) is 16.7 Å². The fourth-order valence-corrected chi connectivity index (χ4v) is 4.46. The van der Waals surface area contributed by atoms with Crippen LogP contribution in [0.2, 0.25) is 0 Å². The summed E-state index contributed by atoms with van der Waals surface area (Å²) >= 11 is 0. The first kappa shape index (κ1) is 27.1. The first-order chi connectivity index (χ1) is 17.2. The van der Waals surface area contributed by atoms with Crippen molar-refractivity contribution >= 4 is 11.8 Å². The average molecular weight is 504 g/mol. The minimum atomic E-state index is -2.69. The molecule has 3 rings (SSSR count). The van der Waals surface area contributed by atoms with Crippen molar-refractivity contribution in [2.45, 2.75) is 57.3 Å². The maximum absolute atomic E-state index is 14.4. The molecule has 0 bridgehead atoms. The number of hydrogen-bond donors (Lipinski definition) is 4. The van der Waals surface area contributed by atoms with Crippen molar-refractivity contribution in [3.8, 4) is 0 Å². The van der Waals surface area contributed by atoms with Crippen LogP contribution in [0.3, 0.4) is 0 Å². The summed E-state index contributed by atoms with van der Waals surface area (Å²) in [7, 11) is 0. The van der Waals surface area contributed by atoms with Crippen molar-refractivity contribution in [1.29, 1.82) is 0 Å². The molecule has 3 atom stereocenters. The second kappa shape index (κ2) is 11.9. The van der Waals surface area contributed by atoms with Crippen LogP contribution in [-0.4, -0.2) is 35.5 Å². The van der Waals surface area contributed by atoms with Crippen molar-refractivity contribution in [2.75, 3.05) is 6.54 Å². The summed E-state index contributed by atoms with van der Waals surface area (Å²) in [5, 5.41) is 2.87. The Labute approximate surface area is 208 Å². The number of benzene rings is 2. The second-order valence-corrected chi connectivity index (χ2v) is 9.10. The van der Waals surface area contributed by atoms with Crippen LogP contribution < -0.4 is 22.3 Å². The van der Waals surface area contributed by atoms with E-state index in [2.05, 4.69) is 10.7 Å². The fraction of sp³-hybridized carbons (Fsp3) is 0.385. The van der Waals surface area contributed by atoms with Gasteiger partial charge in [0.1, 0.15) is 12.2 Å². The number of alkyl halides is 3. The van der Waals surface area contributed by atoms with Gasteiger partial charge >= 0.3 is 0 Å². The Morgan fingerprint density at radius 3 is 2.39 bits per heavy atom. The van der Waals surface area contributed by atoms with E-state index in [1.807, 2.05) is 13.8 Å². The molecular formula is C26H32F3N5O2. The number of halogens is 3. The number of carbonyl (C=O) groups excluding carboxylic acids is 2. The molecule has 1 unspecified atom stereocenters. The zero-order valence-electron chi connectivity index (χ0n) is 20.3. The van der Waals surface area contributed by atoms with Crippen LogP contribution in [0, 0.1) is 0 Å². The predicted molar refractivity (Wildman–Crippen MR) is 131 cm³/mol. The smallest absolute Gasteiger partial charge is 0.264 e. The van der Waals surface area contributed by atoms with Crippen LogP contribution >= 0.6 is 0 Å². The second-order valence-electron chi connectivity index (χ2n) is 9.10. The number of amides is 2. The van der Waals surface area contributed by atoms with E-state index in [-0.39, 0.29) is 36.6 Å². The third-order valence-electron chi connectivity index (χ3n) is 6.32. The quantitative estimate of drug-likeness (QED) is 0.309. The van der Waals surface area contributed by atoms with E-state index in [4.69, 9.17) is 11.6 Å². The van der Waals surface area contributed by atoms with E-state index in [0.717, 1.165) is 11.1 Å². The minimum absolute atomic E-state index is 0.102. The molecule has 6 N–H and O–H groups in total. The topological polar surface area (TPSA) is 113 Å². The van der Waals surface area contributed by atoms with Crippen molar-refractivity contribution in [2.24, 2.45) is 11.6 Å². The molecular weight excluding hydrogens is 471 g/mol. The summed E-state index contributed by atoms with van der Waals surface area (Å²) in [6, 6.07) is 11.8. The highest BCUT2D eigenvalue weighted by Gasteiger charge is 2.40. The van der Waals surface area contributed by atoms with Crippen LogP contribution in [0.15, 0.2) is 60.4 Å². The van der Waals surface area contributed by atoms with Gasteiger partial charge in [0.05, 0.1) is 24.7 Å². The Hall–Kier alpha value is -3.53. The van der Waals surface area contributed by atoms with Gasteiger partial charge in [-0.2, -0.15) is 0 Å². The zero-order valence-corrected chi connectivity index (χ0v) is 20.3. The molecule has 2 aromatic carbocycles. The lowest BCUT2D eigenvalue weighted by Gasteiger charge is -2.27. The van der Waals surface area contributed by atoms with Gasteiger partial charge in [0.2, 0.25) is 11.8 Å². The SMILES string of the molecule is CC(C)c1ccc(C(NC(=O)[C@@H]2C[C@@H](F)CN2C(=O)C/C(=C/N)NN)c2ccccc2)cc1C(F)F. The third-order valence-corrected chi connectivity index (χ3v) is 6.32. The lowest BCUT2D eigenvalue weighted by atomic mass is 9.91. The molecule has 7 nitrogen and oxygen atoms in total. The summed E-state index contributed by atoms with van der Waals surface area (Å²) in [5.74, 6) is 4.13. The normalized spacial score (nSPS) is 19.0. The first-order valence-electron chi connectivity index (χ1n) is 11.7. The lowest BCUT2D eigenvalue weighted by Crippen LogP contribution is -2.47. The predicted octanol–water partition coefficient (Wildman–Crippen LogP) is 3.55. The summed E-state index contributed by atoms with van der Waals surface area (Å²) in [5.41, 5.74) is 9.50. The molecule has 1 fully saturated rings. The Kier molecular flexibility index (Phi) is 8.98.